The molecule has 6 heteroatoms. The zero-order valence-electron chi connectivity index (χ0n) is 11.2. The number of halogens is 1. The third kappa shape index (κ3) is 3.49. The smallest absolute Gasteiger partial charge is 0.154 e. The number of sulfone groups is 1. The van der Waals surface area contributed by atoms with Crippen LogP contribution in [0.15, 0.2) is 22.7 Å². The zero-order chi connectivity index (χ0) is 14.0. The molecule has 0 aromatic heterocycles. The average molecular weight is 347 g/mol. The highest BCUT2D eigenvalue weighted by atomic mass is 79.9. The van der Waals surface area contributed by atoms with Crippen LogP contribution in [-0.4, -0.2) is 39.6 Å². The van der Waals surface area contributed by atoms with Gasteiger partial charge in [0.2, 0.25) is 0 Å². The Balaban J connectivity index is 2.23. The maximum atomic E-state index is 11.6. The summed E-state index contributed by atoms with van der Waals surface area (Å²) < 4.78 is 24.3. The number of nitrogens with zero attached hydrogens (tertiary/aromatic N) is 1. The normalized spacial score (nSPS) is 22.5. The van der Waals surface area contributed by atoms with Crippen molar-refractivity contribution in [2.24, 2.45) is 0 Å². The standard InChI is InChI=1S/C13H19BrN2O2S/c1-10-9-19(17,18)6-5-16(10)13-4-3-11(8-15-2)7-12(13)14/h3-4,7,10,15H,5-6,8-9H2,1-2H3. The quantitative estimate of drug-likeness (QED) is 0.906. The van der Waals surface area contributed by atoms with E-state index in [4.69, 9.17) is 0 Å². The molecule has 4 nitrogen and oxygen atoms in total. The summed E-state index contributed by atoms with van der Waals surface area (Å²) >= 11 is 3.59. The van der Waals surface area contributed by atoms with E-state index < -0.39 is 9.84 Å². The van der Waals surface area contributed by atoms with Crippen molar-refractivity contribution < 1.29 is 8.42 Å². The second-order valence-corrected chi connectivity index (χ2v) is 8.06. The van der Waals surface area contributed by atoms with Crippen molar-refractivity contribution >= 4 is 31.5 Å². The molecule has 0 bridgehead atoms. The van der Waals surface area contributed by atoms with E-state index >= 15 is 0 Å². The van der Waals surface area contributed by atoms with Gasteiger partial charge in [0.1, 0.15) is 0 Å². The Bertz CT molecular complexity index is 560. The van der Waals surface area contributed by atoms with Crippen LogP contribution >= 0.6 is 15.9 Å². The first-order valence-electron chi connectivity index (χ1n) is 6.33. The summed E-state index contributed by atoms with van der Waals surface area (Å²) in [6.45, 7) is 3.35. The first-order valence-corrected chi connectivity index (χ1v) is 8.94. The topological polar surface area (TPSA) is 49.4 Å². The van der Waals surface area contributed by atoms with Gasteiger partial charge in [0.25, 0.3) is 0 Å². The van der Waals surface area contributed by atoms with Gasteiger partial charge < -0.3 is 10.2 Å². The van der Waals surface area contributed by atoms with E-state index in [1.54, 1.807) is 0 Å². The van der Waals surface area contributed by atoms with Crippen LogP contribution in [0.1, 0.15) is 12.5 Å². The van der Waals surface area contributed by atoms with Crippen LogP contribution < -0.4 is 10.2 Å². The van der Waals surface area contributed by atoms with Gasteiger partial charge in [-0.1, -0.05) is 6.07 Å². The zero-order valence-corrected chi connectivity index (χ0v) is 13.6. The molecule has 106 valence electrons. The van der Waals surface area contributed by atoms with Gasteiger partial charge in [0.05, 0.1) is 17.2 Å². The van der Waals surface area contributed by atoms with Gasteiger partial charge in [-0.05, 0) is 47.6 Å². The molecule has 1 aliphatic rings. The molecule has 1 unspecified atom stereocenters. The lowest BCUT2D eigenvalue weighted by Crippen LogP contribution is -2.47. The fraction of sp³-hybridized carbons (Fsp3) is 0.538. The summed E-state index contributed by atoms with van der Waals surface area (Å²) in [7, 11) is -0.953. The van der Waals surface area contributed by atoms with Gasteiger partial charge in [-0.2, -0.15) is 0 Å². The molecular formula is C13H19BrN2O2S. The van der Waals surface area contributed by atoms with Crippen molar-refractivity contribution in [3.05, 3.63) is 28.2 Å². The Morgan fingerprint density at radius 2 is 2.21 bits per heavy atom. The van der Waals surface area contributed by atoms with Crippen molar-refractivity contribution in [3.8, 4) is 0 Å². The molecule has 0 amide bonds. The van der Waals surface area contributed by atoms with E-state index in [9.17, 15) is 8.42 Å². The molecule has 1 N–H and O–H groups in total. The largest absolute Gasteiger partial charge is 0.366 e. The molecule has 1 atom stereocenters. The second-order valence-electron chi connectivity index (χ2n) is 4.97. The van der Waals surface area contributed by atoms with Gasteiger partial charge in [0.15, 0.2) is 9.84 Å². The second kappa shape index (κ2) is 5.81. The van der Waals surface area contributed by atoms with Crippen LogP contribution in [0.5, 0.6) is 0 Å². The Morgan fingerprint density at radius 3 is 2.79 bits per heavy atom. The summed E-state index contributed by atoms with van der Waals surface area (Å²) in [5, 5.41) is 3.12. The molecule has 2 rings (SSSR count). The summed E-state index contributed by atoms with van der Waals surface area (Å²) in [6.07, 6.45) is 0. The lowest BCUT2D eigenvalue weighted by molar-refractivity contribution is 0.568. The molecule has 1 heterocycles. The van der Waals surface area contributed by atoms with E-state index in [1.165, 1.54) is 5.56 Å². The third-order valence-electron chi connectivity index (χ3n) is 3.37. The number of hydrogen-bond acceptors (Lipinski definition) is 4. The highest BCUT2D eigenvalue weighted by molar-refractivity contribution is 9.10. The number of benzene rings is 1. The Hall–Kier alpha value is -0.590. The number of hydrogen-bond donors (Lipinski definition) is 1. The highest BCUT2D eigenvalue weighted by Gasteiger charge is 2.29. The Kier molecular flexibility index (Phi) is 4.53. The van der Waals surface area contributed by atoms with Crippen LogP contribution in [0.4, 0.5) is 5.69 Å². The minimum absolute atomic E-state index is 0.0187. The van der Waals surface area contributed by atoms with E-state index in [2.05, 4.69) is 44.3 Å². The molecule has 1 aromatic carbocycles. The summed E-state index contributed by atoms with van der Waals surface area (Å²) in [5.41, 5.74) is 2.28. The maximum Gasteiger partial charge on any atom is 0.154 e. The lowest BCUT2D eigenvalue weighted by Gasteiger charge is -2.35. The molecule has 1 aromatic rings. The maximum absolute atomic E-state index is 11.6. The molecule has 0 radical (unpaired) electrons. The molecule has 1 fully saturated rings. The number of rotatable bonds is 3. The summed E-state index contributed by atoms with van der Waals surface area (Å²) in [6, 6.07) is 6.24. The van der Waals surface area contributed by atoms with E-state index in [0.717, 1.165) is 16.7 Å². The van der Waals surface area contributed by atoms with Gasteiger partial charge in [-0.25, -0.2) is 8.42 Å². The van der Waals surface area contributed by atoms with Crippen LogP contribution in [-0.2, 0) is 16.4 Å². The van der Waals surface area contributed by atoms with E-state index in [1.807, 2.05) is 14.0 Å². The van der Waals surface area contributed by atoms with Crippen molar-refractivity contribution in [2.75, 3.05) is 30.0 Å². The first-order chi connectivity index (χ1) is 8.93. The molecule has 19 heavy (non-hydrogen) atoms. The van der Waals surface area contributed by atoms with Crippen LogP contribution in [0.2, 0.25) is 0 Å². The lowest BCUT2D eigenvalue weighted by atomic mass is 10.1. The van der Waals surface area contributed by atoms with Gasteiger partial charge >= 0.3 is 0 Å². The average Bonchev–Trinajstić information content (AvgIpc) is 2.30. The SMILES string of the molecule is CNCc1ccc(N2CCS(=O)(=O)CC2C)c(Br)c1. The summed E-state index contributed by atoms with van der Waals surface area (Å²) in [4.78, 5) is 2.16. The fourth-order valence-electron chi connectivity index (χ4n) is 2.45. The van der Waals surface area contributed by atoms with Crippen molar-refractivity contribution in [1.29, 1.82) is 0 Å². The molecule has 0 saturated carbocycles. The molecule has 1 aliphatic heterocycles. The third-order valence-corrected chi connectivity index (χ3v) is 5.80. The summed E-state index contributed by atoms with van der Waals surface area (Å²) in [5.74, 6) is 0.472. The monoisotopic (exact) mass is 346 g/mol. The Morgan fingerprint density at radius 1 is 1.47 bits per heavy atom. The molecule has 0 aliphatic carbocycles. The number of anilines is 1. The molecule has 0 spiro atoms. The fourth-order valence-corrected chi connectivity index (χ4v) is 4.66. The minimum atomic E-state index is -2.87. The minimum Gasteiger partial charge on any atom is -0.366 e. The number of nitrogens with one attached hydrogen (secondary N) is 1. The molecular weight excluding hydrogens is 328 g/mol. The van der Waals surface area contributed by atoms with Gasteiger partial charge in [0, 0.05) is 23.6 Å². The van der Waals surface area contributed by atoms with Crippen LogP contribution in [0, 0.1) is 0 Å². The van der Waals surface area contributed by atoms with E-state index in [0.29, 0.717) is 6.54 Å². The van der Waals surface area contributed by atoms with Crippen molar-refractivity contribution in [1.82, 2.24) is 5.32 Å². The predicted octanol–water partition coefficient (Wildman–Crippen LogP) is 1.79. The van der Waals surface area contributed by atoms with E-state index in [-0.39, 0.29) is 17.5 Å². The van der Waals surface area contributed by atoms with Crippen molar-refractivity contribution in [3.63, 3.8) is 0 Å². The van der Waals surface area contributed by atoms with Gasteiger partial charge in [-0.15, -0.1) is 0 Å². The highest BCUT2D eigenvalue weighted by Crippen LogP contribution is 2.30. The van der Waals surface area contributed by atoms with Crippen molar-refractivity contribution in [2.45, 2.75) is 19.5 Å². The predicted molar refractivity (Wildman–Crippen MR) is 82.4 cm³/mol. The van der Waals surface area contributed by atoms with Gasteiger partial charge in [-0.3, -0.25) is 0 Å². The van der Waals surface area contributed by atoms with Crippen LogP contribution in [0.25, 0.3) is 0 Å². The Labute approximate surface area is 123 Å². The first kappa shape index (κ1) is 14.8. The molecule has 1 saturated heterocycles. The van der Waals surface area contributed by atoms with Crippen LogP contribution in [0.3, 0.4) is 0 Å².